The molecule has 0 saturated heterocycles. The zero-order chi connectivity index (χ0) is 17.5. The van der Waals surface area contributed by atoms with Crippen LogP contribution >= 0.6 is 0 Å². The van der Waals surface area contributed by atoms with Crippen molar-refractivity contribution in [2.75, 3.05) is 11.9 Å². The average Bonchev–Trinajstić information content (AvgIpc) is 2.60. The van der Waals surface area contributed by atoms with Gasteiger partial charge in [0.05, 0.1) is 0 Å². The number of benzene rings is 2. The lowest BCUT2D eigenvalue weighted by Crippen LogP contribution is -2.27. The van der Waals surface area contributed by atoms with Crippen molar-refractivity contribution in [3.05, 3.63) is 65.2 Å². The van der Waals surface area contributed by atoms with E-state index in [4.69, 9.17) is 0 Å². The summed E-state index contributed by atoms with van der Waals surface area (Å²) in [5.74, 6) is 0.00712. The van der Waals surface area contributed by atoms with Crippen LogP contribution in [0.5, 0.6) is 0 Å². The fourth-order valence-electron chi connectivity index (χ4n) is 2.35. The maximum atomic E-state index is 12.5. The van der Waals surface area contributed by atoms with Crippen molar-refractivity contribution in [3.63, 3.8) is 0 Å². The molecule has 0 spiro atoms. The van der Waals surface area contributed by atoms with Crippen LogP contribution in [0.2, 0.25) is 0 Å². The van der Waals surface area contributed by atoms with E-state index < -0.39 is 0 Å². The van der Waals surface area contributed by atoms with Crippen LogP contribution in [0.4, 0.5) is 5.69 Å². The van der Waals surface area contributed by atoms with Crippen LogP contribution in [0.1, 0.15) is 47.1 Å². The van der Waals surface area contributed by atoms with Gasteiger partial charge in [-0.1, -0.05) is 45.0 Å². The fourth-order valence-corrected chi connectivity index (χ4v) is 2.35. The largest absolute Gasteiger partial charge is 0.352 e. The molecule has 0 heterocycles. The lowest BCUT2D eigenvalue weighted by Gasteiger charge is -2.11. The summed E-state index contributed by atoms with van der Waals surface area (Å²) in [6.45, 7) is 6.73. The quantitative estimate of drug-likeness (QED) is 0.847. The first-order valence-electron chi connectivity index (χ1n) is 8.28. The van der Waals surface area contributed by atoms with Crippen molar-refractivity contribution >= 4 is 17.5 Å². The molecule has 0 aromatic heterocycles. The summed E-state index contributed by atoms with van der Waals surface area (Å²) in [5, 5.41) is 5.79. The molecule has 2 N–H and O–H groups in total. The van der Waals surface area contributed by atoms with Crippen LogP contribution < -0.4 is 10.6 Å². The maximum absolute atomic E-state index is 12.5. The van der Waals surface area contributed by atoms with E-state index >= 15 is 0 Å². The molecule has 2 aromatic carbocycles. The Labute approximate surface area is 143 Å². The summed E-state index contributed by atoms with van der Waals surface area (Å²) in [4.78, 5) is 24.6. The van der Waals surface area contributed by atoms with E-state index in [1.807, 2.05) is 45.0 Å². The van der Waals surface area contributed by atoms with E-state index in [2.05, 4.69) is 10.6 Å². The number of para-hydroxylation sites is 1. The molecule has 2 amide bonds. The third-order valence-corrected chi connectivity index (χ3v) is 3.70. The predicted octanol–water partition coefficient (Wildman–Crippen LogP) is 3.89. The Balaban J connectivity index is 2.13. The van der Waals surface area contributed by atoms with Crippen LogP contribution in [0, 0.1) is 5.92 Å². The number of hydrogen-bond donors (Lipinski definition) is 2. The second-order valence-electron chi connectivity index (χ2n) is 6.15. The average molecular weight is 324 g/mol. The molecule has 0 bridgehead atoms. The van der Waals surface area contributed by atoms with Gasteiger partial charge in [-0.3, -0.25) is 9.59 Å². The van der Waals surface area contributed by atoms with Gasteiger partial charge in [-0.15, -0.1) is 0 Å². The summed E-state index contributed by atoms with van der Waals surface area (Å²) >= 11 is 0. The smallest absolute Gasteiger partial charge is 0.255 e. The molecule has 0 aliphatic carbocycles. The van der Waals surface area contributed by atoms with E-state index in [1.165, 1.54) is 0 Å². The third-order valence-electron chi connectivity index (χ3n) is 3.70. The van der Waals surface area contributed by atoms with Crippen LogP contribution in [0.3, 0.4) is 0 Å². The number of rotatable bonds is 6. The molecule has 0 saturated carbocycles. The minimum atomic E-state index is -0.214. The highest BCUT2D eigenvalue weighted by molar-refractivity contribution is 6.06. The summed E-state index contributed by atoms with van der Waals surface area (Å²) in [6.07, 6.45) is 0.841. The third kappa shape index (κ3) is 4.69. The van der Waals surface area contributed by atoms with E-state index in [0.29, 0.717) is 23.6 Å². The number of nitrogens with one attached hydrogen (secondary N) is 2. The lowest BCUT2D eigenvalue weighted by atomic mass is 10.1. The van der Waals surface area contributed by atoms with Crippen molar-refractivity contribution in [2.45, 2.75) is 27.2 Å². The van der Waals surface area contributed by atoms with Crippen molar-refractivity contribution in [1.82, 2.24) is 5.32 Å². The molecule has 4 nitrogen and oxygen atoms in total. The molecule has 0 atom stereocenters. The fraction of sp³-hybridized carbons (Fsp3) is 0.300. The molecule has 0 radical (unpaired) electrons. The second kappa shape index (κ2) is 8.29. The minimum Gasteiger partial charge on any atom is -0.352 e. The SMILES string of the molecule is CCc1ccccc1NC(=O)c1cccc(C(=O)NCC(C)C)c1. The van der Waals surface area contributed by atoms with Crippen LogP contribution in [-0.4, -0.2) is 18.4 Å². The maximum Gasteiger partial charge on any atom is 0.255 e. The first kappa shape index (κ1) is 17.7. The van der Waals surface area contributed by atoms with Crippen molar-refractivity contribution in [2.24, 2.45) is 5.92 Å². The number of aryl methyl sites for hydroxylation is 1. The number of amides is 2. The summed E-state index contributed by atoms with van der Waals surface area (Å²) in [5.41, 5.74) is 2.85. The molecular weight excluding hydrogens is 300 g/mol. The first-order chi connectivity index (χ1) is 11.5. The van der Waals surface area contributed by atoms with Gasteiger partial charge in [-0.2, -0.15) is 0 Å². The zero-order valence-corrected chi connectivity index (χ0v) is 14.4. The Kier molecular flexibility index (Phi) is 6.13. The van der Waals surface area contributed by atoms with Crippen molar-refractivity contribution in [1.29, 1.82) is 0 Å². The minimum absolute atomic E-state index is 0.160. The highest BCUT2D eigenvalue weighted by Gasteiger charge is 2.12. The second-order valence-corrected chi connectivity index (χ2v) is 6.15. The molecule has 126 valence electrons. The molecule has 24 heavy (non-hydrogen) atoms. The van der Waals surface area contributed by atoms with E-state index in [9.17, 15) is 9.59 Å². The van der Waals surface area contributed by atoms with Gasteiger partial charge in [-0.25, -0.2) is 0 Å². The Hall–Kier alpha value is -2.62. The van der Waals surface area contributed by atoms with Gasteiger partial charge in [0.25, 0.3) is 11.8 Å². The Morgan fingerprint density at radius 2 is 1.62 bits per heavy atom. The van der Waals surface area contributed by atoms with E-state index in [-0.39, 0.29) is 11.8 Å². The van der Waals surface area contributed by atoms with Gasteiger partial charge < -0.3 is 10.6 Å². The van der Waals surface area contributed by atoms with Crippen LogP contribution in [0.15, 0.2) is 48.5 Å². The van der Waals surface area contributed by atoms with E-state index in [0.717, 1.165) is 17.7 Å². The van der Waals surface area contributed by atoms with Crippen LogP contribution in [-0.2, 0) is 6.42 Å². The predicted molar refractivity (Wildman–Crippen MR) is 97.4 cm³/mol. The normalized spacial score (nSPS) is 10.5. The Bertz CT molecular complexity index is 723. The topological polar surface area (TPSA) is 58.2 Å². The van der Waals surface area contributed by atoms with Crippen LogP contribution in [0.25, 0.3) is 0 Å². The standard InChI is InChI=1S/C20H24N2O2/c1-4-15-8-5-6-11-18(15)22-20(24)17-10-7-9-16(12-17)19(23)21-13-14(2)3/h5-12,14H,4,13H2,1-3H3,(H,21,23)(H,22,24). The van der Waals surface area contributed by atoms with Gasteiger partial charge in [0.15, 0.2) is 0 Å². The molecule has 0 aliphatic heterocycles. The molecule has 0 fully saturated rings. The van der Waals surface area contributed by atoms with Gasteiger partial charge >= 0.3 is 0 Å². The monoisotopic (exact) mass is 324 g/mol. The first-order valence-corrected chi connectivity index (χ1v) is 8.28. The number of carbonyl (C=O) groups excluding carboxylic acids is 2. The molecule has 0 unspecified atom stereocenters. The van der Waals surface area contributed by atoms with Gasteiger partial charge in [0.2, 0.25) is 0 Å². The summed E-state index contributed by atoms with van der Waals surface area (Å²) < 4.78 is 0. The van der Waals surface area contributed by atoms with Gasteiger partial charge in [0, 0.05) is 23.4 Å². The van der Waals surface area contributed by atoms with Crippen molar-refractivity contribution < 1.29 is 9.59 Å². The number of anilines is 1. The highest BCUT2D eigenvalue weighted by atomic mass is 16.2. The molecule has 4 heteroatoms. The Morgan fingerprint density at radius 1 is 0.958 bits per heavy atom. The lowest BCUT2D eigenvalue weighted by molar-refractivity contribution is 0.0949. The molecular formula is C20H24N2O2. The molecule has 2 aromatic rings. The molecule has 2 rings (SSSR count). The van der Waals surface area contributed by atoms with E-state index in [1.54, 1.807) is 24.3 Å². The Morgan fingerprint density at radius 3 is 2.29 bits per heavy atom. The number of hydrogen-bond acceptors (Lipinski definition) is 2. The highest BCUT2D eigenvalue weighted by Crippen LogP contribution is 2.17. The molecule has 0 aliphatic rings. The van der Waals surface area contributed by atoms with Crippen molar-refractivity contribution in [3.8, 4) is 0 Å². The van der Waals surface area contributed by atoms with Gasteiger partial charge in [-0.05, 0) is 42.2 Å². The van der Waals surface area contributed by atoms with Gasteiger partial charge in [0.1, 0.15) is 0 Å². The summed E-state index contributed by atoms with van der Waals surface area (Å²) in [6, 6.07) is 14.5. The summed E-state index contributed by atoms with van der Waals surface area (Å²) in [7, 11) is 0. The number of carbonyl (C=O) groups is 2. The zero-order valence-electron chi connectivity index (χ0n) is 14.4.